The topological polar surface area (TPSA) is 44.7 Å². The molecule has 1 heterocycles. The Morgan fingerprint density at radius 2 is 2.24 bits per heavy atom. The molecule has 1 aromatic carbocycles. The van der Waals surface area contributed by atoms with E-state index in [1.54, 1.807) is 0 Å². The summed E-state index contributed by atoms with van der Waals surface area (Å²) in [6.07, 6.45) is -0.0251. The molecule has 0 aromatic heterocycles. The molecule has 0 spiro atoms. The Kier molecular flexibility index (Phi) is 5.88. The lowest BCUT2D eigenvalue weighted by molar-refractivity contribution is -0.0421. The Morgan fingerprint density at radius 1 is 1.48 bits per heavy atom. The van der Waals surface area contributed by atoms with E-state index in [1.165, 1.54) is 0 Å². The largest absolute Gasteiger partial charge is 0.394 e. The van der Waals surface area contributed by atoms with Crippen LogP contribution in [-0.2, 0) is 4.74 Å². The normalized spacial score (nSPS) is 24.1. The second-order valence-corrected chi connectivity index (χ2v) is 6.05. The molecule has 1 saturated heterocycles. The van der Waals surface area contributed by atoms with Crippen molar-refractivity contribution < 1.29 is 9.84 Å². The van der Waals surface area contributed by atoms with Gasteiger partial charge in [-0.2, -0.15) is 0 Å². The molecule has 3 atom stereocenters. The van der Waals surface area contributed by atoms with Crippen LogP contribution in [0.25, 0.3) is 0 Å². The highest BCUT2D eigenvalue weighted by Gasteiger charge is 2.25. The molecule has 4 nitrogen and oxygen atoms in total. The number of aliphatic hydroxyl groups is 1. The third-order valence-electron chi connectivity index (χ3n) is 3.86. The van der Waals surface area contributed by atoms with Gasteiger partial charge in [-0.05, 0) is 38.1 Å². The number of hydrogen-bond acceptors (Lipinski definition) is 4. The van der Waals surface area contributed by atoms with Gasteiger partial charge in [0, 0.05) is 29.8 Å². The molecule has 0 amide bonds. The van der Waals surface area contributed by atoms with Gasteiger partial charge in [0.05, 0.1) is 18.8 Å². The van der Waals surface area contributed by atoms with E-state index in [-0.39, 0.29) is 24.9 Å². The van der Waals surface area contributed by atoms with E-state index in [9.17, 15) is 5.11 Å². The van der Waals surface area contributed by atoms with Gasteiger partial charge in [0.25, 0.3) is 0 Å². The zero-order chi connectivity index (χ0) is 15.4. The Morgan fingerprint density at radius 3 is 2.86 bits per heavy atom. The summed E-state index contributed by atoms with van der Waals surface area (Å²) in [6.45, 7) is 8.70. The summed E-state index contributed by atoms with van der Waals surface area (Å²) in [5.41, 5.74) is 2.20. The van der Waals surface area contributed by atoms with Gasteiger partial charge in [0.2, 0.25) is 0 Å². The second kappa shape index (κ2) is 7.45. The van der Waals surface area contributed by atoms with Gasteiger partial charge < -0.3 is 20.1 Å². The van der Waals surface area contributed by atoms with E-state index < -0.39 is 0 Å². The smallest absolute Gasteiger partial charge is 0.0984 e. The molecule has 0 aliphatic carbocycles. The summed E-state index contributed by atoms with van der Waals surface area (Å²) >= 11 is 6.44. The van der Waals surface area contributed by atoms with Crippen LogP contribution < -0.4 is 10.2 Å². The zero-order valence-corrected chi connectivity index (χ0v) is 13.7. The quantitative estimate of drug-likeness (QED) is 0.877. The van der Waals surface area contributed by atoms with Gasteiger partial charge in [-0.15, -0.1) is 0 Å². The number of morpholine rings is 1. The Balaban J connectivity index is 2.15. The van der Waals surface area contributed by atoms with Crippen molar-refractivity contribution in [3.63, 3.8) is 0 Å². The predicted octanol–water partition coefficient (Wildman–Crippen LogP) is 2.60. The molecule has 1 aromatic rings. The second-order valence-electron chi connectivity index (χ2n) is 5.64. The fraction of sp³-hybridized carbons (Fsp3) is 0.625. The van der Waals surface area contributed by atoms with Crippen molar-refractivity contribution in [1.82, 2.24) is 5.32 Å². The maximum Gasteiger partial charge on any atom is 0.0984 e. The first kappa shape index (κ1) is 16.6. The molecule has 0 saturated carbocycles. The third kappa shape index (κ3) is 4.10. The van der Waals surface area contributed by atoms with Crippen LogP contribution in [0, 0.1) is 0 Å². The summed E-state index contributed by atoms with van der Waals surface area (Å²) in [5, 5.41) is 13.5. The van der Waals surface area contributed by atoms with Gasteiger partial charge in [0.1, 0.15) is 0 Å². The summed E-state index contributed by atoms with van der Waals surface area (Å²) < 4.78 is 5.68. The van der Waals surface area contributed by atoms with Crippen LogP contribution in [0.4, 0.5) is 5.69 Å². The van der Waals surface area contributed by atoms with Gasteiger partial charge in [-0.3, -0.25) is 0 Å². The van der Waals surface area contributed by atoms with E-state index in [0.29, 0.717) is 6.54 Å². The van der Waals surface area contributed by atoms with Gasteiger partial charge >= 0.3 is 0 Å². The number of nitrogens with zero attached hydrogens (tertiary/aromatic N) is 1. The van der Waals surface area contributed by atoms with Crippen molar-refractivity contribution >= 4 is 17.3 Å². The van der Waals surface area contributed by atoms with E-state index in [1.807, 2.05) is 13.0 Å². The minimum absolute atomic E-state index is 0.0457. The first-order chi connectivity index (χ1) is 10.0. The molecule has 118 valence electrons. The van der Waals surface area contributed by atoms with Crippen LogP contribution in [0.1, 0.15) is 32.4 Å². The monoisotopic (exact) mass is 312 g/mol. The first-order valence-corrected chi connectivity index (χ1v) is 7.97. The molecule has 2 N–H and O–H groups in total. The molecule has 3 unspecified atom stereocenters. The number of benzene rings is 1. The minimum atomic E-state index is -0.132. The predicted molar refractivity (Wildman–Crippen MR) is 87.2 cm³/mol. The lowest BCUT2D eigenvalue weighted by Crippen LogP contribution is -2.48. The van der Waals surface area contributed by atoms with Crippen molar-refractivity contribution in [2.75, 3.05) is 31.1 Å². The Hall–Kier alpha value is -0.810. The number of rotatable bonds is 5. The molecular weight excluding hydrogens is 288 g/mol. The number of aliphatic hydroxyl groups excluding tert-OH is 1. The van der Waals surface area contributed by atoms with E-state index in [4.69, 9.17) is 16.3 Å². The molecule has 1 fully saturated rings. The van der Waals surface area contributed by atoms with Crippen LogP contribution >= 0.6 is 11.6 Å². The van der Waals surface area contributed by atoms with E-state index in [2.05, 4.69) is 36.2 Å². The molecule has 5 heteroatoms. The number of ether oxygens (including phenoxy) is 1. The van der Waals surface area contributed by atoms with Crippen LogP contribution in [0.2, 0.25) is 5.02 Å². The molecule has 0 radical (unpaired) electrons. The van der Waals surface area contributed by atoms with Crippen molar-refractivity contribution in [3.05, 3.63) is 28.8 Å². The summed E-state index contributed by atoms with van der Waals surface area (Å²) in [5.74, 6) is 0. The van der Waals surface area contributed by atoms with E-state index >= 15 is 0 Å². The molecular formula is C16H25ClN2O2. The summed E-state index contributed by atoms with van der Waals surface area (Å²) in [7, 11) is 0. The molecule has 1 aliphatic rings. The van der Waals surface area contributed by atoms with Crippen molar-refractivity contribution in [1.29, 1.82) is 0 Å². The van der Waals surface area contributed by atoms with Crippen LogP contribution in [0.15, 0.2) is 18.2 Å². The fourth-order valence-electron chi connectivity index (χ4n) is 2.84. The zero-order valence-electron chi connectivity index (χ0n) is 13.0. The lowest BCUT2D eigenvalue weighted by Gasteiger charge is -2.37. The van der Waals surface area contributed by atoms with Gasteiger partial charge in [-0.25, -0.2) is 0 Å². The highest BCUT2D eigenvalue weighted by atomic mass is 35.5. The third-order valence-corrected chi connectivity index (χ3v) is 4.18. The Labute approximate surface area is 132 Å². The fourth-order valence-corrected chi connectivity index (χ4v) is 3.18. The average Bonchev–Trinajstić information content (AvgIpc) is 2.46. The number of hydrogen-bond donors (Lipinski definition) is 2. The van der Waals surface area contributed by atoms with Gasteiger partial charge in [0.15, 0.2) is 0 Å². The number of nitrogens with one attached hydrogen (secondary N) is 1. The number of halogens is 1. The maximum absolute atomic E-state index is 9.32. The lowest BCUT2D eigenvalue weighted by atomic mass is 10.1. The van der Waals surface area contributed by atoms with E-state index in [0.717, 1.165) is 29.4 Å². The summed E-state index contributed by atoms with van der Waals surface area (Å²) in [6, 6.07) is 6.43. The molecule has 2 rings (SSSR count). The molecule has 0 bridgehead atoms. The molecule has 1 aliphatic heterocycles. The SMILES string of the molecule is CCNC(C)c1ccc(N2CC(C)OC(CO)C2)cc1Cl. The first-order valence-electron chi connectivity index (χ1n) is 7.59. The number of anilines is 1. The average molecular weight is 313 g/mol. The van der Waals surface area contributed by atoms with Crippen molar-refractivity contribution in [2.24, 2.45) is 0 Å². The highest BCUT2D eigenvalue weighted by molar-refractivity contribution is 6.31. The summed E-state index contributed by atoms with van der Waals surface area (Å²) in [4.78, 5) is 2.22. The highest BCUT2D eigenvalue weighted by Crippen LogP contribution is 2.29. The van der Waals surface area contributed by atoms with Crippen molar-refractivity contribution in [2.45, 2.75) is 39.0 Å². The molecule has 21 heavy (non-hydrogen) atoms. The van der Waals surface area contributed by atoms with Crippen molar-refractivity contribution in [3.8, 4) is 0 Å². The maximum atomic E-state index is 9.32. The standard InChI is InChI=1S/C16H25ClN2O2/c1-4-18-12(3)15-6-5-13(7-16(15)17)19-8-11(2)21-14(9-19)10-20/h5-7,11-12,14,18,20H,4,8-10H2,1-3H3. The Bertz CT molecular complexity index is 470. The van der Waals surface area contributed by atoms with Gasteiger partial charge in [-0.1, -0.05) is 24.6 Å². The van der Waals surface area contributed by atoms with Crippen LogP contribution in [0.5, 0.6) is 0 Å². The van der Waals surface area contributed by atoms with Crippen LogP contribution in [0.3, 0.4) is 0 Å². The van der Waals surface area contributed by atoms with Crippen LogP contribution in [-0.4, -0.2) is 43.6 Å². The minimum Gasteiger partial charge on any atom is -0.394 e.